The molecule has 1 heterocycles. The summed E-state index contributed by atoms with van der Waals surface area (Å²) in [4.78, 5) is 0. The summed E-state index contributed by atoms with van der Waals surface area (Å²) >= 11 is 0. The predicted octanol–water partition coefficient (Wildman–Crippen LogP) is 4.83. The summed E-state index contributed by atoms with van der Waals surface area (Å²) in [6.45, 7) is 6.20. The molecule has 140 valence electrons. The summed E-state index contributed by atoms with van der Waals surface area (Å²) in [7, 11) is 1.60. The van der Waals surface area contributed by atoms with Crippen LogP contribution in [0.15, 0.2) is 36.4 Å². The Kier molecular flexibility index (Phi) is 4.23. The third-order valence-electron chi connectivity index (χ3n) is 5.59. The third kappa shape index (κ3) is 2.72. The van der Waals surface area contributed by atoms with Gasteiger partial charge in [-0.15, -0.1) is 0 Å². The van der Waals surface area contributed by atoms with E-state index in [-0.39, 0.29) is 11.8 Å². The number of fused-ring (bicyclic) bond motifs is 2. The van der Waals surface area contributed by atoms with E-state index in [1.807, 2.05) is 31.2 Å². The minimum Gasteiger partial charge on any atom is -0.507 e. The average molecular weight is 363 g/mol. The molecule has 1 aliphatic rings. The van der Waals surface area contributed by atoms with Crippen LogP contribution in [0, 0.1) is 6.92 Å². The molecule has 4 heteroatoms. The molecule has 0 saturated heterocycles. The lowest BCUT2D eigenvalue weighted by Crippen LogP contribution is -2.36. The number of benzene rings is 3. The van der Waals surface area contributed by atoms with Crippen LogP contribution in [-0.2, 0) is 6.42 Å². The number of aromatic hydroxyl groups is 2. The number of rotatable bonds is 2. The molecule has 4 rings (SSSR count). The van der Waals surface area contributed by atoms with Crippen molar-refractivity contribution in [3.05, 3.63) is 53.1 Å². The molecule has 0 fully saturated rings. The monoisotopic (exact) mass is 363 g/mol. The Morgan fingerprint density at radius 1 is 1.11 bits per heavy atom. The molecule has 4 nitrogen and oxygen atoms in total. The van der Waals surface area contributed by atoms with E-state index in [1.165, 1.54) is 5.56 Å². The van der Waals surface area contributed by atoms with Gasteiger partial charge in [-0.3, -0.25) is 0 Å². The van der Waals surface area contributed by atoms with Crippen molar-refractivity contribution in [2.24, 2.45) is 0 Å². The number of phenols is 2. The molecule has 2 unspecified atom stereocenters. The van der Waals surface area contributed by atoms with Crippen molar-refractivity contribution >= 4 is 10.8 Å². The first-order valence-electron chi connectivity index (χ1n) is 9.32. The van der Waals surface area contributed by atoms with Crippen molar-refractivity contribution in [1.29, 1.82) is 0 Å². The lowest BCUT2D eigenvalue weighted by molar-refractivity contribution is 0.410. The van der Waals surface area contributed by atoms with Crippen LogP contribution in [0.5, 0.6) is 17.2 Å². The van der Waals surface area contributed by atoms with Crippen LogP contribution < -0.4 is 10.1 Å². The fourth-order valence-corrected chi connectivity index (χ4v) is 4.50. The Bertz CT molecular complexity index is 1040. The van der Waals surface area contributed by atoms with E-state index in [4.69, 9.17) is 4.74 Å². The zero-order chi connectivity index (χ0) is 19.3. The smallest absolute Gasteiger partial charge is 0.130 e. The highest BCUT2D eigenvalue weighted by molar-refractivity contribution is 6.05. The standard InChI is InChI=1S/C23H25NO3/c1-12-10-18(25)22-16(6-5-7-19(22)27-4)20(12)17-9-8-15-11-13(2)24-14(3)21(15)23(17)26/h5-10,13-14,24-26H,11H2,1-4H3. The first-order chi connectivity index (χ1) is 12.9. The fraction of sp³-hybridized carbons (Fsp3) is 0.304. The Labute approximate surface area is 159 Å². The van der Waals surface area contributed by atoms with Gasteiger partial charge >= 0.3 is 0 Å². The minimum atomic E-state index is 0.0851. The molecule has 3 N–H and O–H groups in total. The first-order valence-corrected chi connectivity index (χ1v) is 9.32. The maximum Gasteiger partial charge on any atom is 0.130 e. The number of phenolic OH excluding ortho intramolecular Hbond substituents is 2. The van der Waals surface area contributed by atoms with Gasteiger partial charge in [-0.2, -0.15) is 0 Å². The zero-order valence-electron chi connectivity index (χ0n) is 16.1. The number of nitrogens with one attached hydrogen (secondary N) is 1. The number of aryl methyl sites for hydroxylation is 1. The molecule has 0 radical (unpaired) electrons. The van der Waals surface area contributed by atoms with E-state index in [1.54, 1.807) is 13.2 Å². The van der Waals surface area contributed by atoms with Gasteiger partial charge in [0.15, 0.2) is 0 Å². The van der Waals surface area contributed by atoms with Gasteiger partial charge in [0.05, 0.1) is 12.5 Å². The van der Waals surface area contributed by atoms with Gasteiger partial charge in [0.1, 0.15) is 17.2 Å². The van der Waals surface area contributed by atoms with E-state index in [2.05, 4.69) is 25.2 Å². The Balaban J connectivity index is 2.03. The summed E-state index contributed by atoms with van der Waals surface area (Å²) in [5.41, 5.74) is 4.77. The summed E-state index contributed by atoms with van der Waals surface area (Å²) in [5, 5.41) is 26.8. The number of hydrogen-bond donors (Lipinski definition) is 3. The van der Waals surface area contributed by atoms with Crippen LogP contribution in [0.4, 0.5) is 0 Å². The van der Waals surface area contributed by atoms with E-state index < -0.39 is 0 Å². The van der Waals surface area contributed by atoms with Crippen molar-refractivity contribution in [2.75, 3.05) is 7.11 Å². The number of methoxy groups -OCH3 is 1. The summed E-state index contributed by atoms with van der Waals surface area (Å²) < 4.78 is 5.46. The van der Waals surface area contributed by atoms with E-state index in [0.29, 0.717) is 22.9 Å². The van der Waals surface area contributed by atoms with Crippen LogP contribution in [-0.4, -0.2) is 23.4 Å². The summed E-state index contributed by atoms with van der Waals surface area (Å²) in [6.07, 6.45) is 0.899. The molecule has 1 aliphatic heterocycles. The highest BCUT2D eigenvalue weighted by atomic mass is 16.5. The van der Waals surface area contributed by atoms with Gasteiger partial charge in [-0.1, -0.05) is 24.3 Å². The molecule has 0 saturated carbocycles. The quantitative estimate of drug-likeness (QED) is 0.610. The van der Waals surface area contributed by atoms with E-state index in [0.717, 1.165) is 34.1 Å². The van der Waals surface area contributed by atoms with E-state index >= 15 is 0 Å². The molecule has 0 bridgehead atoms. The zero-order valence-corrected chi connectivity index (χ0v) is 16.1. The molecule has 2 atom stereocenters. The number of ether oxygens (including phenoxy) is 1. The van der Waals surface area contributed by atoms with Gasteiger partial charge < -0.3 is 20.3 Å². The van der Waals surface area contributed by atoms with Crippen LogP contribution in [0.3, 0.4) is 0 Å². The molecular formula is C23H25NO3. The van der Waals surface area contributed by atoms with Crippen molar-refractivity contribution in [1.82, 2.24) is 5.32 Å². The third-order valence-corrected chi connectivity index (χ3v) is 5.59. The average Bonchev–Trinajstić information content (AvgIpc) is 2.62. The SMILES string of the molecule is COc1cccc2c(-c3ccc4c(c3O)C(C)NC(C)C4)c(C)cc(O)c12. The molecule has 3 aromatic rings. The predicted molar refractivity (Wildman–Crippen MR) is 109 cm³/mol. The lowest BCUT2D eigenvalue weighted by atomic mass is 9.85. The van der Waals surface area contributed by atoms with Crippen molar-refractivity contribution in [3.8, 4) is 28.4 Å². The second-order valence-corrected chi connectivity index (χ2v) is 7.50. The maximum atomic E-state index is 11.2. The largest absolute Gasteiger partial charge is 0.507 e. The molecular weight excluding hydrogens is 338 g/mol. The Morgan fingerprint density at radius 2 is 1.89 bits per heavy atom. The van der Waals surface area contributed by atoms with Gasteiger partial charge in [-0.25, -0.2) is 0 Å². The van der Waals surface area contributed by atoms with Crippen molar-refractivity contribution in [2.45, 2.75) is 39.3 Å². The van der Waals surface area contributed by atoms with Crippen molar-refractivity contribution < 1.29 is 14.9 Å². The van der Waals surface area contributed by atoms with Gasteiger partial charge in [0, 0.05) is 23.2 Å². The summed E-state index contributed by atoms with van der Waals surface area (Å²) in [5.74, 6) is 1.12. The van der Waals surface area contributed by atoms with Gasteiger partial charge in [-0.05, 0) is 61.4 Å². The van der Waals surface area contributed by atoms with Gasteiger partial charge in [0.25, 0.3) is 0 Å². The topological polar surface area (TPSA) is 61.7 Å². The van der Waals surface area contributed by atoms with E-state index in [9.17, 15) is 10.2 Å². The van der Waals surface area contributed by atoms with Crippen LogP contribution in [0.2, 0.25) is 0 Å². The second kappa shape index (κ2) is 6.46. The van der Waals surface area contributed by atoms with Crippen molar-refractivity contribution in [3.63, 3.8) is 0 Å². The summed E-state index contributed by atoms with van der Waals surface area (Å²) in [6, 6.07) is 12.0. The molecule has 0 aliphatic carbocycles. The first kappa shape index (κ1) is 17.7. The molecule has 0 amide bonds. The second-order valence-electron chi connectivity index (χ2n) is 7.50. The normalized spacial score (nSPS) is 19.1. The van der Waals surface area contributed by atoms with Crippen LogP contribution >= 0.6 is 0 Å². The van der Waals surface area contributed by atoms with Crippen LogP contribution in [0.25, 0.3) is 21.9 Å². The fourth-order valence-electron chi connectivity index (χ4n) is 4.50. The minimum absolute atomic E-state index is 0.0851. The van der Waals surface area contributed by atoms with Crippen LogP contribution in [0.1, 0.15) is 36.6 Å². The number of hydrogen-bond acceptors (Lipinski definition) is 4. The lowest BCUT2D eigenvalue weighted by Gasteiger charge is -2.31. The Hall–Kier alpha value is -2.72. The molecule has 3 aromatic carbocycles. The maximum absolute atomic E-state index is 11.2. The van der Waals surface area contributed by atoms with Gasteiger partial charge in [0.2, 0.25) is 0 Å². The molecule has 27 heavy (non-hydrogen) atoms. The highest BCUT2D eigenvalue weighted by Gasteiger charge is 2.26. The Morgan fingerprint density at radius 3 is 2.63 bits per heavy atom. The molecule has 0 spiro atoms. The molecule has 0 aromatic heterocycles. The highest BCUT2D eigenvalue weighted by Crippen LogP contribution is 2.46.